The van der Waals surface area contributed by atoms with Crippen molar-refractivity contribution in [3.8, 4) is 5.75 Å². The summed E-state index contributed by atoms with van der Waals surface area (Å²) in [6.45, 7) is 4.15. The van der Waals surface area contributed by atoms with Crippen LogP contribution in [0, 0.1) is 11.8 Å². The predicted molar refractivity (Wildman–Crippen MR) is 150 cm³/mol. The van der Waals surface area contributed by atoms with Crippen LogP contribution < -0.4 is 4.74 Å². The molecule has 5 atom stereocenters. The monoisotopic (exact) mass is 594 g/mol. The first-order chi connectivity index (χ1) is 19.4. The largest absolute Gasteiger partial charge is 0.497 e. The van der Waals surface area contributed by atoms with Crippen molar-refractivity contribution in [2.45, 2.75) is 63.3 Å². The fourth-order valence-electron chi connectivity index (χ4n) is 6.78. The second-order valence-corrected chi connectivity index (χ2v) is 11.8. The minimum atomic E-state index is -4.90. The van der Waals surface area contributed by atoms with Crippen LogP contribution in [0.4, 0.5) is 26.3 Å². The minimum absolute atomic E-state index is 0.0892. The van der Waals surface area contributed by atoms with Crippen molar-refractivity contribution in [3.63, 3.8) is 0 Å². The number of fused-ring (bicyclic) bond motifs is 4. The Labute approximate surface area is 240 Å². The van der Waals surface area contributed by atoms with E-state index >= 15 is 0 Å². The number of thiocarbonyl (C=S) groups is 1. The lowest BCUT2D eigenvalue weighted by Gasteiger charge is -2.52. The summed E-state index contributed by atoms with van der Waals surface area (Å²) in [5.74, 6) is 1.76. The zero-order valence-corrected chi connectivity index (χ0v) is 23.7. The van der Waals surface area contributed by atoms with Crippen molar-refractivity contribution in [1.29, 1.82) is 0 Å². The summed E-state index contributed by atoms with van der Waals surface area (Å²) in [5.41, 5.74) is -0.935. The van der Waals surface area contributed by atoms with Crippen molar-refractivity contribution < 1.29 is 31.1 Å². The molecule has 0 aliphatic carbocycles. The van der Waals surface area contributed by atoms with Crippen LogP contribution in [-0.2, 0) is 18.8 Å². The molecule has 2 bridgehead atoms. The van der Waals surface area contributed by atoms with E-state index in [0.29, 0.717) is 28.9 Å². The molecule has 3 aliphatic rings. The summed E-state index contributed by atoms with van der Waals surface area (Å²) >= 11 is 5.74. The van der Waals surface area contributed by atoms with Gasteiger partial charge in [-0.3, -0.25) is 9.88 Å². The summed E-state index contributed by atoms with van der Waals surface area (Å²) in [6, 6.07) is 9.48. The van der Waals surface area contributed by atoms with Crippen LogP contribution in [0.3, 0.4) is 0 Å². The second-order valence-electron chi connectivity index (χ2n) is 11.2. The van der Waals surface area contributed by atoms with Gasteiger partial charge in [-0.15, -0.1) is 0 Å². The van der Waals surface area contributed by atoms with Crippen molar-refractivity contribution >= 4 is 28.0 Å². The lowest BCUT2D eigenvalue weighted by molar-refractivity contribution is -0.143. The average Bonchev–Trinajstić information content (AvgIpc) is 2.94. The summed E-state index contributed by atoms with van der Waals surface area (Å²) in [7, 11) is 1.59. The number of pyridine rings is 1. The molecule has 3 aromatic rings. The molecule has 0 spiro atoms. The highest BCUT2D eigenvalue weighted by molar-refractivity contribution is 7.80. The van der Waals surface area contributed by atoms with Gasteiger partial charge in [-0.25, -0.2) is 0 Å². The van der Waals surface area contributed by atoms with Crippen LogP contribution >= 0.6 is 12.2 Å². The molecule has 4 heterocycles. The van der Waals surface area contributed by atoms with E-state index < -0.39 is 23.5 Å². The van der Waals surface area contributed by atoms with E-state index in [0.717, 1.165) is 61.0 Å². The Morgan fingerprint density at radius 3 is 2.34 bits per heavy atom. The maximum Gasteiger partial charge on any atom is 0.416 e. The van der Waals surface area contributed by atoms with Gasteiger partial charge < -0.3 is 4.74 Å². The van der Waals surface area contributed by atoms with Gasteiger partial charge in [0.05, 0.1) is 23.8 Å². The highest BCUT2D eigenvalue weighted by Crippen LogP contribution is 2.45. The zero-order valence-electron chi connectivity index (χ0n) is 22.9. The van der Waals surface area contributed by atoms with Gasteiger partial charge in [0.25, 0.3) is 0 Å². The number of methoxy groups -OCH3 is 1. The molecular formula is C31H32F6N2OS. The molecular weight excluding hydrogens is 562 g/mol. The van der Waals surface area contributed by atoms with Crippen molar-refractivity contribution in [2.24, 2.45) is 11.8 Å². The Morgan fingerprint density at radius 1 is 1.05 bits per heavy atom. The molecule has 41 heavy (non-hydrogen) atoms. The first-order valence-corrected chi connectivity index (χ1v) is 14.2. The van der Waals surface area contributed by atoms with E-state index in [-0.39, 0.29) is 30.0 Å². The molecule has 220 valence electrons. The topological polar surface area (TPSA) is 25.4 Å². The van der Waals surface area contributed by atoms with E-state index in [9.17, 15) is 26.3 Å². The molecule has 0 saturated carbocycles. The molecule has 3 aliphatic heterocycles. The maximum absolute atomic E-state index is 13.5. The van der Waals surface area contributed by atoms with Crippen LogP contribution in [0.1, 0.15) is 60.8 Å². The number of piperidine rings is 3. The van der Waals surface area contributed by atoms with Gasteiger partial charge >= 0.3 is 12.4 Å². The van der Waals surface area contributed by atoms with Gasteiger partial charge in [-0.2, -0.15) is 26.3 Å². The summed E-state index contributed by atoms with van der Waals surface area (Å²) in [4.78, 5) is 7.44. The van der Waals surface area contributed by atoms with Crippen molar-refractivity contribution in [1.82, 2.24) is 9.88 Å². The number of alkyl halides is 6. The number of benzene rings is 2. The summed E-state index contributed by atoms with van der Waals surface area (Å²) in [5, 5.41) is 0.910. The van der Waals surface area contributed by atoms with E-state index in [4.69, 9.17) is 17.0 Å². The standard InChI is InChI=1S/C31H32F6N2OS/c1-3-19-17-39-9-7-20(19)13-29(39)27(25-6-8-38-28-5-4-23(40-2)15-26(25)28)16-24(41)12-18-10-21(30(32,33)34)14-22(11-18)31(35,36)37/h4-6,8,10-11,14-15,19-20,27,29H,3,7,9,12-13,16-17H2,1-2H3/t19?,20?,27-,29-/m1/s1. The highest BCUT2D eigenvalue weighted by atomic mass is 32.1. The Hall–Kier alpha value is -2.72. The lowest BCUT2D eigenvalue weighted by atomic mass is 9.69. The molecule has 6 rings (SSSR count). The minimum Gasteiger partial charge on any atom is -0.497 e. The molecule has 3 unspecified atom stereocenters. The molecule has 3 saturated heterocycles. The third-order valence-electron chi connectivity index (χ3n) is 8.80. The molecule has 10 heteroatoms. The van der Waals surface area contributed by atoms with Crippen LogP contribution in [-0.4, -0.2) is 41.0 Å². The van der Waals surface area contributed by atoms with Gasteiger partial charge in [0.1, 0.15) is 5.75 Å². The second kappa shape index (κ2) is 11.5. The molecule has 0 amide bonds. The van der Waals surface area contributed by atoms with E-state index in [1.807, 2.05) is 24.3 Å². The number of hydrogen-bond donors (Lipinski definition) is 0. The maximum atomic E-state index is 13.5. The quantitative estimate of drug-likeness (QED) is 0.193. The Morgan fingerprint density at radius 2 is 1.76 bits per heavy atom. The highest BCUT2D eigenvalue weighted by Gasteiger charge is 2.43. The van der Waals surface area contributed by atoms with Crippen LogP contribution in [0.5, 0.6) is 5.75 Å². The zero-order chi connectivity index (χ0) is 29.5. The fraction of sp³-hybridized carbons (Fsp3) is 0.484. The smallest absolute Gasteiger partial charge is 0.416 e. The van der Waals surface area contributed by atoms with E-state index in [1.54, 1.807) is 13.3 Å². The van der Waals surface area contributed by atoms with Gasteiger partial charge in [0.15, 0.2) is 0 Å². The normalized spacial score (nSPS) is 23.5. The number of rotatable bonds is 8. The first kappa shape index (κ1) is 29.8. The summed E-state index contributed by atoms with van der Waals surface area (Å²) < 4.78 is 86.4. The molecule has 3 nitrogen and oxygen atoms in total. The van der Waals surface area contributed by atoms with Crippen molar-refractivity contribution in [3.05, 3.63) is 70.9 Å². The van der Waals surface area contributed by atoms with Gasteiger partial charge in [-0.1, -0.05) is 25.6 Å². The van der Waals surface area contributed by atoms with Crippen LogP contribution in [0.25, 0.3) is 10.9 Å². The molecule has 1 aromatic heterocycles. The number of nitrogens with zero attached hydrogens (tertiary/aromatic N) is 2. The SMILES string of the molecule is CCC1CN2CCC1C[C@@H]2[C@H](CC(=S)Cc1cc(C(F)(F)F)cc(C(F)(F)F)c1)c1ccnc2ccc(OC)cc12. The van der Waals surface area contributed by atoms with Crippen LogP contribution in [0.15, 0.2) is 48.7 Å². The third kappa shape index (κ3) is 6.38. The Kier molecular flexibility index (Phi) is 8.36. The van der Waals surface area contributed by atoms with Gasteiger partial charge in [0, 0.05) is 36.5 Å². The van der Waals surface area contributed by atoms with Crippen molar-refractivity contribution in [2.75, 3.05) is 20.2 Å². The van der Waals surface area contributed by atoms with E-state index in [1.165, 1.54) is 0 Å². The predicted octanol–water partition coefficient (Wildman–Crippen LogP) is 8.49. The Balaban J connectivity index is 1.51. The molecule has 3 fully saturated rings. The summed E-state index contributed by atoms with van der Waals surface area (Å²) in [6.07, 6.45) is -4.66. The lowest BCUT2D eigenvalue weighted by Crippen LogP contribution is -2.55. The molecule has 2 aromatic carbocycles. The molecule has 0 N–H and O–H groups in total. The Bertz CT molecular complexity index is 1390. The fourth-order valence-corrected chi connectivity index (χ4v) is 7.12. The van der Waals surface area contributed by atoms with Crippen LogP contribution in [0.2, 0.25) is 0 Å². The van der Waals surface area contributed by atoms with Gasteiger partial charge in [-0.05, 0) is 96.1 Å². The number of aromatic nitrogens is 1. The average molecular weight is 595 g/mol. The van der Waals surface area contributed by atoms with E-state index in [2.05, 4.69) is 16.8 Å². The number of halogens is 6. The first-order valence-electron chi connectivity index (χ1n) is 13.8. The number of hydrogen-bond acceptors (Lipinski definition) is 4. The third-order valence-corrected chi connectivity index (χ3v) is 9.11. The number of ether oxygens (including phenoxy) is 1. The van der Waals surface area contributed by atoms with Gasteiger partial charge in [0.2, 0.25) is 0 Å². The molecule has 0 radical (unpaired) electrons.